The summed E-state index contributed by atoms with van der Waals surface area (Å²) in [5, 5.41) is 16.5. The number of methoxy groups -OCH3 is 1. The number of halogens is 1. The molecule has 0 aliphatic carbocycles. The molecule has 0 spiro atoms. The van der Waals surface area contributed by atoms with Gasteiger partial charge in [-0.3, -0.25) is 9.59 Å². The predicted octanol–water partition coefficient (Wildman–Crippen LogP) is 2.92. The van der Waals surface area contributed by atoms with Crippen LogP contribution >= 0.6 is 11.6 Å². The molecule has 2 amide bonds. The van der Waals surface area contributed by atoms with E-state index in [1.165, 1.54) is 24.4 Å². The highest BCUT2D eigenvalue weighted by molar-refractivity contribution is 6.30. The zero-order valence-corrected chi connectivity index (χ0v) is 14.8. The SMILES string of the molecule is COc1ccc(NC(=O)CCC(=O)NN=Cc2cc(Cl)ccc2O)cc1. The van der Waals surface area contributed by atoms with E-state index in [9.17, 15) is 14.7 Å². The first-order chi connectivity index (χ1) is 12.5. The van der Waals surface area contributed by atoms with Gasteiger partial charge >= 0.3 is 0 Å². The highest BCUT2D eigenvalue weighted by atomic mass is 35.5. The van der Waals surface area contributed by atoms with Crippen LogP contribution in [0.15, 0.2) is 47.6 Å². The highest BCUT2D eigenvalue weighted by Crippen LogP contribution is 2.19. The summed E-state index contributed by atoms with van der Waals surface area (Å²) in [5.74, 6) is -0.0355. The first kappa shape index (κ1) is 19.3. The monoisotopic (exact) mass is 375 g/mol. The van der Waals surface area contributed by atoms with E-state index in [1.807, 2.05) is 0 Å². The molecule has 2 rings (SSSR count). The van der Waals surface area contributed by atoms with Gasteiger partial charge in [0.1, 0.15) is 11.5 Å². The summed E-state index contributed by atoms with van der Waals surface area (Å²) in [6, 6.07) is 11.3. The fraction of sp³-hybridized carbons (Fsp3) is 0.167. The van der Waals surface area contributed by atoms with Crippen molar-refractivity contribution in [1.29, 1.82) is 0 Å². The maximum absolute atomic E-state index is 11.8. The second kappa shape index (κ2) is 9.43. The Labute approximate surface area is 155 Å². The highest BCUT2D eigenvalue weighted by Gasteiger charge is 2.07. The van der Waals surface area contributed by atoms with E-state index in [1.54, 1.807) is 31.4 Å². The molecule has 0 saturated carbocycles. The largest absolute Gasteiger partial charge is 0.507 e. The van der Waals surface area contributed by atoms with Gasteiger partial charge in [-0.25, -0.2) is 5.43 Å². The van der Waals surface area contributed by atoms with Crippen molar-refractivity contribution in [3.05, 3.63) is 53.1 Å². The van der Waals surface area contributed by atoms with Crippen LogP contribution in [0.25, 0.3) is 0 Å². The van der Waals surface area contributed by atoms with Gasteiger partial charge in [0.25, 0.3) is 0 Å². The van der Waals surface area contributed by atoms with Crippen LogP contribution in [0.5, 0.6) is 11.5 Å². The maximum Gasteiger partial charge on any atom is 0.240 e. The molecule has 26 heavy (non-hydrogen) atoms. The molecule has 3 N–H and O–H groups in total. The molecule has 0 aromatic heterocycles. The summed E-state index contributed by atoms with van der Waals surface area (Å²) in [6.07, 6.45) is 1.26. The minimum absolute atomic E-state index is 0.00808. The number of benzene rings is 2. The normalized spacial score (nSPS) is 10.5. The Morgan fingerprint density at radius 2 is 1.85 bits per heavy atom. The van der Waals surface area contributed by atoms with E-state index < -0.39 is 5.91 Å². The molecule has 8 heteroatoms. The summed E-state index contributed by atoms with van der Waals surface area (Å²) in [6.45, 7) is 0. The summed E-state index contributed by atoms with van der Waals surface area (Å²) >= 11 is 5.81. The van der Waals surface area contributed by atoms with Crippen molar-refractivity contribution in [2.24, 2.45) is 5.10 Å². The number of amides is 2. The predicted molar refractivity (Wildman–Crippen MR) is 99.7 cm³/mol. The number of ether oxygens (including phenoxy) is 1. The van der Waals surface area contributed by atoms with Crippen LogP contribution in [0.1, 0.15) is 18.4 Å². The molecule has 0 saturated heterocycles. The number of phenolic OH excluding ortho intramolecular Hbond substituents is 1. The minimum atomic E-state index is -0.423. The minimum Gasteiger partial charge on any atom is -0.507 e. The van der Waals surface area contributed by atoms with Gasteiger partial charge in [-0.2, -0.15) is 5.10 Å². The van der Waals surface area contributed by atoms with Crippen molar-refractivity contribution in [1.82, 2.24) is 5.43 Å². The van der Waals surface area contributed by atoms with Gasteiger partial charge in [-0.1, -0.05) is 11.6 Å². The van der Waals surface area contributed by atoms with Crippen LogP contribution in [0.3, 0.4) is 0 Å². The molecular weight excluding hydrogens is 358 g/mol. The van der Waals surface area contributed by atoms with Gasteiger partial charge in [0.15, 0.2) is 0 Å². The average Bonchev–Trinajstić information content (AvgIpc) is 2.63. The summed E-state index contributed by atoms with van der Waals surface area (Å²) < 4.78 is 5.03. The Kier molecular flexibility index (Phi) is 6.99. The van der Waals surface area contributed by atoms with Gasteiger partial charge < -0.3 is 15.2 Å². The van der Waals surface area contributed by atoms with Gasteiger partial charge in [-0.15, -0.1) is 0 Å². The molecule has 0 aliphatic heterocycles. The molecule has 2 aromatic rings. The van der Waals surface area contributed by atoms with Crippen molar-refractivity contribution < 1.29 is 19.4 Å². The lowest BCUT2D eigenvalue weighted by molar-refractivity contribution is -0.124. The van der Waals surface area contributed by atoms with Crippen LogP contribution in [0.4, 0.5) is 5.69 Å². The molecule has 0 heterocycles. The maximum atomic E-state index is 11.8. The van der Waals surface area contributed by atoms with Crippen molar-refractivity contribution >= 4 is 35.3 Å². The van der Waals surface area contributed by atoms with Crippen LogP contribution < -0.4 is 15.5 Å². The van der Waals surface area contributed by atoms with Crippen LogP contribution in [-0.4, -0.2) is 30.2 Å². The van der Waals surface area contributed by atoms with Crippen molar-refractivity contribution in [2.75, 3.05) is 12.4 Å². The number of carbonyl (C=O) groups excluding carboxylic acids is 2. The first-order valence-corrected chi connectivity index (χ1v) is 8.10. The average molecular weight is 376 g/mol. The molecular formula is C18H18ClN3O4. The number of hydrazone groups is 1. The summed E-state index contributed by atoms with van der Waals surface area (Å²) in [4.78, 5) is 23.6. The van der Waals surface area contributed by atoms with E-state index in [4.69, 9.17) is 16.3 Å². The number of anilines is 1. The zero-order valence-electron chi connectivity index (χ0n) is 14.0. The molecule has 2 aromatic carbocycles. The lowest BCUT2D eigenvalue weighted by atomic mass is 10.2. The summed E-state index contributed by atoms with van der Waals surface area (Å²) in [7, 11) is 1.56. The third-order valence-corrected chi connectivity index (χ3v) is 3.57. The van der Waals surface area contributed by atoms with Crippen molar-refractivity contribution in [2.45, 2.75) is 12.8 Å². The molecule has 0 aliphatic rings. The number of nitrogens with one attached hydrogen (secondary N) is 2. The third kappa shape index (κ3) is 6.10. The second-order valence-corrected chi connectivity index (χ2v) is 5.71. The van der Waals surface area contributed by atoms with E-state index in [0.717, 1.165) is 0 Å². The smallest absolute Gasteiger partial charge is 0.240 e. The topological polar surface area (TPSA) is 100 Å². The second-order valence-electron chi connectivity index (χ2n) is 5.27. The number of nitrogens with zero attached hydrogens (tertiary/aromatic N) is 1. The molecule has 0 atom stereocenters. The Morgan fingerprint density at radius 1 is 1.15 bits per heavy atom. The number of phenols is 1. The zero-order chi connectivity index (χ0) is 18.9. The van der Waals surface area contributed by atoms with E-state index in [0.29, 0.717) is 22.0 Å². The van der Waals surface area contributed by atoms with Gasteiger partial charge in [0, 0.05) is 29.1 Å². The molecule has 0 unspecified atom stereocenters. The molecule has 0 fully saturated rings. The number of hydrogen-bond donors (Lipinski definition) is 3. The van der Waals surface area contributed by atoms with Crippen LogP contribution in [0, 0.1) is 0 Å². The first-order valence-electron chi connectivity index (χ1n) is 7.72. The van der Waals surface area contributed by atoms with E-state index >= 15 is 0 Å². The van der Waals surface area contributed by atoms with Crippen LogP contribution in [0.2, 0.25) is 5.02 Å². The molecule has 7 nitrogen and oxygen atoms in total. The Hall–Kier alpha value is -3.06. The number of carbonyl (C=O) groups is 2. The number of rotatable bonds is 7. The quantitative estimate of drug-likeness (QED) is 0.511. The fourth-order valence-electron chi connectivity index (χ4n) is 1.98. The lowest BCUT2D eigenvalue weighted by Crippen LogP contribution is -2.20. The fourth-order valence-corrected chi connectivity index (χ4v) is 2.16. The van der Waals surface area contributed by atoms with Gasteiger partial charge in [-0.05, 0) is 42.5 Å². The Morgan fingerprint density at radius 3 is 2.54 bits per heavy atom. The summed E-state index contributed by atoms with van der Waals surface area (Å²) in [5.41, 5.74) is 3.28. The van der Waals surface area contributed by atoms with Crippen LogP contribution in [-0.2, 0) is 9.59 Å². The van der Waals surface area contributed by atoms with E-state index in [-0.39, 0.29) is 24.5 Å². The van der Waals surface area contributed by atoms with Gasteiger partial charge in [0.05, 0.1) is 13.3 Å². The number of hydrogen-bond acceptors (Lipinski definition) is 5. The molecule has 0 radical (unpaired) electrons. The van der Waals surface area contributed by atoms with Gasteiger partial charge in [0.2, 0.25) is 11.8 Å². The van der Waals surface area contributed by atoms with Crippen molar-refractivity contribution in [3.8, 4) is 11.5 Å². The standard InChI is InChI=1S/C18H18ClN3O4/c1-26-15-5-3-14(4-6-15)21-17(24)8-9-18(25)22-20-11-12-10-13(19)2-7-16(12)23/h2-7,10-11,23H,8-9H2,1H3,(H,21,24)(H,22,25). The Balaban J connectivity index is 1.76. The number of aromatic hydroxyl groups is 1. The third-order valence-electron chi connectivity index (χ3n) is 3.34. The van der Waals surface area contributed by atoms with E-state index in [2.05, 4.69) is 15.8 Å². The molecule has 0 bridgehead atoms. The molecule has 136 valence electrons. The Bertz CT molecular complexity index is 807. The lowest BCUT2D eigenvalue weighted by Gasteiger charge is -2.06. The van der Waals surface area contributed by atoms with Crippen molar-refractivity contribution in [3.63, 3.8) is 0 Å².